The molecule has 0 bridgehead atoms. The fourth-order valence-electron chi connectivity index (χ4n) is 4.79. The molecular weight excluding hydrogens is 390 g/mol. The Bertz CT molecular complexity index is 953. The summed E-state index contributed by atoms with van der Waals surface area (Å²) in [4.78, 5) is 29.9. The minimum absolute atomic E-state index is 0.0973. The van der Waals surface area contributed by atoms with Crippen LogP contribution >= 0.6 is 0 Å². The van der Waals surface area contributed by atoms with E-state index in [0.29, 0.717) is 6.42 Å². The maximum Gasteiger partial charge on any atom is 0.325 e. The molecule has 0 unspecified atom stereocenters. The molecule has 2 saturated heterocycles. The summed E-state index contributed by atoms with van der Waals surface area (Å²) in [6.07, 6.45) is 4.75. The van der Waals surface area contributed by atoms with Gasteiger partial charge in [0.2, 0.25) is 0 Å². The van der Waals surface area contributed by atoms with E-state index in [4.69, 9.17) is 4.42 Å². The van der Waals surface area contributed by atoms with Crippen LogP contribution in [0.4, 0.5) is 4.79 Å². The molecule has 3 heterocycles. The summed E-state index contributed by atoms with van der Waals surface area (Å²) in [5.74, 6) is 6.58. The highest BCUT2D eigenvalue weighted by Crippen LogP contribution is 2.37. The monoisotopic (exact) mass is 419 g/mol. The van der Waals surface area contributed by atoms with Gasteiger partial charge in [0, 0.05) is 0 Å². The smallest absolute Gasteiger partial charge is 0.325 e. The van der Waals surface area contributed by atoms with Gasteiger partial charge in [-0.2, -0.15) is 0 Å². The number of benzene rings is 1. The number of hydrogen-bond acceptors (Lipinski definition) is 4. The van der Waals surface area contributed by atoms with E-state index in [-0.39, 0.29) is 24.4 Å². The first kappa shape index (κ1) is 21.2. The van der Waals surface area contributed by atoms with Crippen LogP contribution in [0, 0.1) is 17.8 Å². The minimum atomic E-state index is -0.862. The maximum absolute atomic E-state index is 13.5. The Morgan fingerprint density at radius 2 is 1.90 bits per heavy atom. The molecule has 0 spiro atoms. The summed E-state index contributed by atoms with van der Waals surface area (Å²) in [5.41, 5.74) is 0.310. The highest BCUT2D eigenvalue weighted by Gasteiger charge is 2.55. The predicted molar refractivity (Wildman–Crippen MR) is 118 cm³/mol. The quantitative estimate of drug-likeness (QED) is 0.552. The number of hydrogen-bond donors (Lipinski definition) is 1. The number of carbonyl (C=O) groups is 2. The SMILES string of the molecule is CC#CCN1C(=O)N[C@](CCc2ccccc2)(C2CCN(Cc3ccco3)CC2)C1=O. The van der Waals surface area contributed by atoms with Crippen LogP contribution in [-0.4, -0.2) is 46.9 Å². The van der Waals surface area contributed by atoms with Crippen molar-refractivity contribution < 1.29 is 14.0 Å². The van der Waals surface area contributed by atoms with Crippen molar-refractivity contribution in [2.45, 2.75) is 44.7 Å². The van der Waals surface area contributed by atoms with Crippen molar-refractivity contribution >= 4 is 11.9 Å². The third-order valence-electron chi connectivity index (χ3n) is 6.51. The highest BCUT2D eigenvalue weighted by molar-refractivity contribution is 6.07. The van der Waals surface area contributed by atoms with Crippen LogP contribution in [0.5, 0.6) is 0 Å². The Balaban J connectivity index is 1.50. The van der Waals surface area contributed by atoms with Crippen molar-refractivity contribution in [3.05, 3.63) is 60.1 Å². The normalized spacial score (nSPS) is 22.3. The van der Waals surface area contributed by atoms with E-state index >= 15 is 0 Å². The van der Waals surface area contributed by atoms with E-state index in [1.165, 1.54) is 10.5 Å². The summed E-state index contributed by atoms with van der Waals surface area (Å²) in [6, 6.07) is 13.7. The Hall–Kier alpha value is -3.04. The maximum atomic E-state index is 13.5. The molecule has 1 aromatic heterocycles. The van der Waals surface area contributed by atoms with Gasteiger partial charge in [-0.25, -0.2) is 4.79 Å². The molecule has 4 rings (SSSR count). The van der Waals surface area contributed by atoms with Crippen molar-refractivity contribution in [3.63, 3.8) is 0 Å². The van der Waals surface area contributed by atoms with E-state index in [0.717, 1.165) is 44.7 Å². The molecule has 6 nitrogen and oxygen atoms in total. The predicted octanol–water partition coefficient (Wildman–Crippen LogP) is 3.44. The minimum Gasteiger partial charge on any atom is -0.468 e. The Labute approximate surface area is 183 Å². The van der Waals surface area contributed by atoms with Gasteiger partial charge < -0.3 is 9.73 Å². The second-order valence-electron chi connectivity index (χ2n) is 8.33. The number of carbonyl (C=O) groups excluding carboxylic acids is 2. The van der Waals surface area contributed by atoms with Gasteiger partial charge in [-0.05, 0) is 69.3 Å². The zero-order valence-electron chi connectivity index (χ0n) is 18.0. The average Bonchev–Trinajstić information content (AvgIpc) is 3.39. The standard InChI is InChI=1S/C25H29N3O3/c1-2-3-15-28-23(29)25(26-24(28)30,14-11-20-8-5-4-6-9-20)21-12-16-27(17-13-21)19-22-10-7-18-31-22/h4-10,18,21H,11-17,19H2,1H3,(H,26,30)/t25-/m1/s1. The molecule has 1 aromatic carbocycles. The first-order chi connectivity index (χ1) is 15.1. The second kappa shape index (κ2) is 9.40. The summed E-state index contributed by atoms with van der Waals surface area (Å²) in [6.45, 7) is 4.38. The molecule has 0 aliphatic carbocycles. The summed E-state index contributed by atoms with van der Waals surface area (Å²) >= 11 is 0. The molecule has 3 amide bonds. The Morgan fingerprint density at radius 1 is 1.13 bits per heavy atom. The molecule has 2 fully saturated rings. The lowest BCUT2D eigenvalue weighted by Gasteiger charge is -2.40. The van der Waals surface area contributed by atoms with Gasteiger partial charge >= 0.3 is 6.03 Å². The number of nitrogens with one attached hydrogen (secondary N) is 1. The van der Waals surface area contributed by atoms with Gasteiger partial charge in [-0.3, -0.25) is 14.6 Å². The number of furan rings is 1. The number of piperidine rings is 1. The van der Waals surface area contributed by atoms with E-state index in [1.54, 1.807) is 13.2 Å². The van der Waals surface area contributed by atoms with E-state index in [1.807, 2.05) is 30.3 Å². The number of likely N-dealkylation sites (tertiary alicyclic amines) is 1. The number of amides is 3. The summed E-state index contributed by atoms with van der Waals surface area (Å²) in [7, 11) is 0. The number of rotatable bonds is 7. The molecule has 6 heteroatoms. The van der Waals surface area contributed by atoms with Gasteiger partial charge in [0.25, 0.3) is 5.91 Å². The Kier molecular flexibility index (Phi) is 6.43. The van der Waals surface area contributed by atoms with E-state index in [9.17, 15) is 9.59 Å². The summed E-state index contributed by atoms with van der Waals surface area (Å²) < 4.78 is 5.48. The summed E-state index contributed by atoms with van der Waals surface area (Å²) in [5, 5.41) is 3.11. The number of nitrogens with zero attached hydrogens (tertiary/aromatic N) is 2. The fraction of sp³-hybridized carbons (Fsp3) is 0.440. The van der Waals surface area contributed by atoms with Gasteiger partial charge in [-0.1, -0.05) is 36.3 Å². The van der Waals surface area contributed by atoms with Crippen LogP contribution in [0.1, 0.15) is 37.5 Å². The van der Waals surface area contributed by atoms with Crippen molar-refractivity contribution in [2.24, 2.45) is 5.92 Å². The zero-order chi connectivity index (χ0) is 21.7. The molecule has 0 radical (unpaired) electrons. The third kappa shape index (κ3) is 4.52. The van der Waals surface area contributed by atoms with E-state index < -0.39 is 5.54 Å². The molecule has 2 aromatic rings. The van der Waals surface area contributed by atoms with Gasteiger partial charge in [0.15, 0.2) is 0 Å². The number of aryl methyl sites for hydroxylation is 1. The van der Waals surface area contributed by atoms with Crippen LogP contribution in [0.15, 0.2) is 53.1 Å². The van der Waals surface area contributed by atoms with Crippen LogP contribution in [0.2, 0.25) is 0 Å². The molecule has 1 atom stereocenters. The third-order valence-corrected chi connectivity index (χ3v) is 6.51. The lowest BCUT2D eigenvalue weighted by Crippen LogP contribution is -2.56. The number of imide groups is 1. The van der Waals surface area contributed by atoms with Crippen LogP contribution in [-0.2, 0) is 17.8 Å². The van der Waals surface area contributed by atoms with Gasteiger partial charge in [-0.15, -0.1) is 5.92 Å². The molecule has 2 aliphatic rings. The molecule has 31 heavy (non-hydrogen) atoms. The first-order valence-electron chi connectivity index (χ1n) is 10.9. The van der Waals surface area contributed by atoms with Gasteiger partial charge in [0.05, 0.1) is 19.4 Å². The highest BCUT2D eigenvalue weighted by atomic mass is 16.3. The van der Waals surface area contributed by atoms with Crippen molar-refractivity contribution in [3.8, 4) is 11.8 Å². The van der Waals surface area contributed by atoms with Crippen LogP contribution in [0.25, 0.3) is 0 Å². The molecule has 2 aliphatic heterocycles. The molecular formula is C25H29N3O3. The fourth-order valence-corrected chi connectivity index (χ4v) is 4.79. The van der Waals surface area contributed by atoms with Crippen LogP contribution in [0.3, 0.4) is 0 Å². The lowest BCUT2D eigenvalue weighted by molar-refractivity contribution is -0.134. The second-order valence-corrected chi connectivity index (χ2v) is 8.33. The molecule has 1 N–H and O–H groups in total. The topological polar surface area (TPSA) is 65.8 Å². The lowest BCUT2D eigenvalue weighted by atomic mass is 9.74. The molecule has 0 saturated carbocycles. The zero-order valence-corrected chi connectivity index (χ0v) is 18.0. The average molecular weight is 420 g/mol. The van der Waals surface area contributed by atoms with Crippen molar-refractivity contribution in [2.75, 3.05) is 19.6 Å². The Morgan fingerprint density at radius 3 is 2.58 bits per heavy atom. The van der Waals surface area contributed by atoms with E-state index in [2.05, 4.69) is 34.2 Å². The van der Waals surface area contributed by atoms with Crippen molar-refractivity contribution in [1.82, 2.24) is 15.1 Å². The molecule has 162 valence electrons. The van der Waals surface area contributed by atoms with Crippen LogP contribution < -0.4 is 5.32 Å². The number of urea groups is 1. The first-order valence-corrected chi connectivity index (χ1v) is 10.9. The largest absolute Gasteiger partial charge is 0.468 e. The van der Waals surface area contributed by atoms with Crippen molar-refractivity contribution in [1.29, 1.82) is 0 Å². The van der Waals surface area contributed by atoms with Gasteiger partial charge in [0.1, 0.15) is 11.3 Å².